The van der Waals surface area contributed by atoms with Gasteiger partial charge in [0.2, 0.25) is 0 Å². The van der Waals surface area contributed by atoms with Crippen LogP contribution < -0.4 is 5.32 Å². The van der Waals surface area contributed by atoms with Gasteiger partial charge in [-0.15, -0.1) is 0 Å². The van der Waals surface area contributed by atoms with Gasteiger partial charge in [0.05, 0.1) is 0 Å². The average Bonchev–Trinajstić information content (AvgIpc) is 3.11. The third-order valence-electron chi connectivity index (χ3n) is 4.58. The summed E-state index contributed by atoms with van der Waals surface area (Å²) in [6.07, 6.45) is 4.21. The Morgan fingerprint density at radius 1 is 1.25 bits per heavy atom. The molecule has 0 aromatic heterocycles. The van der Waals surface area contributed by atoms with Crippen molar-refractivity contribution < 1.29 is 0 Å². The highest BCUT2D eigenvalue weighted by Gasteiger charge is 2.38. The van der Waals surface area contributed by atoms with E-state index in [2.05, 4.69) is 37.9 Å². The SMILES string of the molecule is CCC(C)C1CNC(C2CC2)CN1C(C)C. The molecule has 0 bridgehead atoms. The summed E-state index contributed by atoms with van der Waals surface area (Å²) >= 11 is 0. The van der Waals surface area contributed by atoms with Crippen molar-refractivity contribution in [1.29, 1.82) is 0 Å². The van der Waals surface area contributed by atoms with Crippen LogP contribution in [0, 0.1) is 11.8 Å². The smallest absolute Gasteiger partial charge is 0.0249 e. The summed E-state index contributed by atoms with van der Waals surface area (Å²) in [5, 5.41) is 3.79. The summed E-state index contributed by atoms with van der Waals surface area (Å²) < 4.78 is 0. The monoisotopic (exact) mass is 224 g/mol. The standard InChI is InChI=1S/C14H28N2/c1-5-11(4)14-8-15-13(12-6-7-12)9-16(14)10(2)3/h10-15H,5-9H2,1-4H3. The molecule has 0 amide bonds. The van der Waals surface area contributed by atoms with Gasteiger partial charge in [0.25, 0.3) is 0 Å². The maximum Gasteiger partial charge on any atom is 0.0249 e. The Hall–Kier alpha value is -0.0800. The van der Waals surface area contributed by atoms with E-state index in [9.17, 15) is 0 Å². The molecule has 94 valence electrons. The minimum atomic E-state index is 0.697. The van der Waals surface area contributed by atoms with E-state index in [1.165, 1.54) is 32.4 Å². The molecule has 1 saturated carbocycles. The third-order valence-corrected chi connectivity index (χ3v) is 4.58. The fraction of sp³-hybridized carbons (Fsp3) is 1.00. The van der Waals surface area contributed by atoms with Crippen LogP contribution in [0.2, 0.25) is 0 Å². The van der Waals surface area contributed by atoms with Crippen LogP contribution in [0.5, 0.6) is 0 Å². The fourth-order valence-electron chi connectivity index (χ4n) is 3.02. The normalized spacial score (nSPS) is 34.3. The van der Waals surface area contributed by atoms with E-state index < -0.39 is 0 Å². The molecule has 16 heavy (non-hydrogen) atoms. The molecular weight excluding hydrogens is 196 g/mol. The van der Waals surface area contributed by atoms with Crippen LogP contribution in [0.3, 0.4) is 0 Å². The van der Waals surface area contributed by atoms with Crippen molar-refractivity contribution in [2.24, 2.45) is 11.8 Å². The van der Waals surface area contributed by atoms with Gasteiger partial charge < -0.3 is 5.32 Å². The lowest BCUT2D eigenvalue weighted by molar-refractivity contribution is 0.0583. The van der Waals surface area contributed by atoms with Crippen LogP contribution >= 0.6 is 0 Å². The van der Waals surface area contributed by atoms with Crippen LogP contribution in [-0.2, 0) is 0 Å². The molecule has 0 aromatic rings. The second-order valence-corrected chi connectivity index (χ2v) is 6.10. The summed E-state index contributed by atoms with van der Waals surface area (Å²) in [7, 11) is 0. The number of hydrogen-bond donors (Lipinski definition) is 1. The van der Waals surface area contributed by atoms with Crippen LogP contribution in [0.1, 0.15) is 47.0 Å². The Morgan fingerprint density at radius 2 is 1.94 bits per heavy atom. The van der Waals surface area contributed by atoms with Crippen molar-refractivity contribution in [3.05, 3.63) is 0 Å². The van der Waals surface area contributed by atoms with Crippen LogP contribution in [-0.4, -0.2) is 36.1 Å². The molecule has 3 atom stereocenters. The van der Waals surface area contributed by atoms with Gasteiger partial charge >= 0.3 is 0 Å². The summed E-state index contributed by atoms with van der Waals surface area (Å²) in [6.45, 7) is 11.9. The Kier molecular flexibility index (Phi) is 3.91. The molecular formula is C14H28N2. The Morgan fingerprint density at radius 3 is 2.44 bits per heavy atom. The van der Waals surface area contributed by atoms with E-state index in [0.29, 0.717) is 6.04 Å². The molecule has 1 aliphatic carbocycles. The Labute approximate surface area is 101 Å². The second kappa shape index (κ2) is 5.05. The molecule has 2 aliphatic rings. The van der Waals surface area contributed by atoms with Crippen molar-refractivity contribution in [3.63, 3.8) is 0 Å². The first-order valence-electron chi connectivity index (χ1n) is 7.12. The van der Waals surface area contributed by atoms with Gasteiger partial charge in [0.15, 0.2) is 0 Å². The molecule has 0 spiro atoms. The van der Waals surface area contributed by atoms with Gasteiger partial charge in [-0.1, -0.05) is 20.3 Å². The van der Waals surface area contributed by atoms with Crippen LogP contribution in [0.25, 0.3) is 0 Å². The first-order valence-corrected chi connectivity index (χ1v) is 7.12. The Balaban J connectivity index is 1.98. The largest absolute Gasteiger partial charge is 0.311 e. The molecule has 1 N–H and O–H groups in total. The highest BCUT2D eigenvalue weighted by Crippen LogP contribution is 2.35. The molecule has 1 heterocycles. The average molecular weight is 224 g/mol. The molecule has 2 rings (SSSR count). The lowest BCUT2D eigenvalue weighted by atomic mass is 9.92. The maximum absolute atomic E-state index is 3.79. The van der Waals surface area contributed by atoms with Crippen molar-refractivity contribution in [1.82, 2.24) is 10.2 Å². The van der Waals surface area contributed by atoms with Gasteiger partial charge in [-0.25, -0.2) is 0 Å². The van der Waals surface area contributed by atoms with Crippen molar-refractivity contribution in [2.75, 3.05) is 13.1 Å². The molecule has 2 fully saturated rings. The number of rotatable bonds is 4. The lowest BCUT2D eigenvalue weighted by Gasteiger charge is -2.45. The van der Waals surface area contributed by atoms with E-state index in [0.717, 1.165) is 23.9 Å². The third kappa shape index (κ3) is 2.60. The molecule has 2 heteroatoms. The number of piperazine rings is 1. The summed E-state index contributed by atoms with van der Waals surface area (Å²) in [5.74, 6) is 1.80. The van der Waals surface area contributed by atoms with E-state index >= 15 is 0 Å². The predicted molar refractivity (Wildman–Crippen MR) is 69.6 cm³/mol. The van der Waals surface area contributed by atoms with Crippen molar-refractivity contribution in [2.45, 2.75) is 65.1 Å². The van der Waals surface area contributed by atoms with Crippen LogP contribution in [0.15, 0.2) is 0 Å². The van der Waals surface area contributed by atoms with Crippen molar-refractivity contribution >= 4 is 0 Å². The molecule has 1 saturated heterocycles. The topological polar surface area (TPSA) is 15.3 Å². The number of nitrogens with one attached hydrogen (secondary N) is 1. The van der Waals surface area contributed by atoms with Crippen molar-refractivity contribution in [3.8, 4) is 0 Å². The zero-order chi connectivity index (χ0) is 11.7. The fourth-order valence-corrected chi connectivity index (χ4v) is 3.02. The minimum absolute atomic E-state index is 0.697. The van der Waals surface area contributed by atoms with Gasteiger partial charge in [-0.05, 0) is 38.5 Å². The summed E-state index contributed by atoms with van der Waals surface area (Å²) in [4.78, 5) is 2.74. The minimum Gasteiger partial charge on any atom is -0.311 e. The number of nitrogens with zero attached hydrogens (tertiary/aromatic N) is 1. The van der Waals surface area contributed by atoms with Gasteiger partial charge in [0, 0.05) is 31.2 Å². The molecule has 0 aromatic carbocycles. The highest BCUT2D eigenvalue weighted by molar-refractivity contribution is 4.96. The lowest BCUT2D eigenvalue weighted by Crippen LogP contribution is -2.60. The first kappa shape index (κ1) is 12.4. The Bertz CT molecular complexity index is 223. The summed E-state index contributed by atoms with van der Waals surface area (Å²) in [5.41, 5.74) is 0. The quantitative estimate of drug-likeness (QED) is 0.789. The van der Waals surface area contributed by atoms with Crippen LogP contribution in [0.4, 0.5) is 0 Å². The second-order valence-electron chi connectivity index (χ2n) is 6.10. The van der Waals surface area contributed by atoms with Gasteiger partial charge in [-0.3, -0.25) is 4.90 Å². The van der Waals surface area contributed by atoms with E-state index in [1.54, 1.807) is 0 Å². The number of hydrogen-bond acceptors (Lipinski definition) is 2. The molecule has 0 radical (unpaired) electrons. The summed E-state index contributed by atoms with van der Waals surface area (Å²) in [6, 6.07) is 2.23. The van der Waals surface area contributed by atoms with E-state index in [4.69, 9.17) is 0 Å². The molecule has 1 aliphatic heterocycles. The molecule has 3 unspecified atom stereocenters. The molecule has 2 nitrogen and oxygen atoms in total. The van der Waals surface area contributed by atoms with Gasteiger partial charge in [0.1, 0.15) is 0 Å². The van der Waals surface area contributed by atoms with E-state index in [1.807, 2.05) is 0 Å². The van der Waals surface area contributed by atoms with E-state index in [-0.39, 0.29) is 0 Å². The maximum atomic E-state index is 3.79. The first-order chi connectivity index (χ1) is 7.63. The highest BCUT2D eigenvalue weighted by atomic mass is 15.3. The zero-order valence-electron chi connectivity index (χ0n) is 11.4. The zero-order valence-corrected chi connectivity index (χ0v) is 11.4. The van der Waals surface area contributed by atoms with Gasteiger partial charge in [-0.2, -0.15) is 0 Å². The predicted octanol–water partition coefficient (Wildman–Crippen LogP) is 2.49.